The highest BCUT2D eigenvalue weighted by atomic mass is 35.5. The molecule has 0 aliphatic heterocycles. The van der Waals surface area contributed by atoms with Crippen molar-refractivity contribution in [3.8, 4) is 0 Å². The second kappa shape index (κ2) is 7.04. The van der Waals surface area contributed by atoms with Gasteiger partial charge in [-0.05, 0) is 31.0 Å². The Morgan fingerprint density at radius 3 is 2.39 bits per heavy atom. The van der Waals surface area contributed by atoms with Gasteiger partial charge in [0.25, 0.3) is 0 Å². The molecule has 1 aromatic carbocycles. The molecule has 23 heavy (non-hydrogen) atoms. The molecule has 4 N–H and O–H groups in total. The molecule has 124 valence electrons. The number of halogens is 1. The summed E-state index contributed by atoms with van der Waals surface area (Å²) in [4.78, 5) is 8.40. The molecule has 0 unspecified atom stereocenters. The van der Waals surface area contributed by atoms with E-state index in [2.05, 4.69) is 46.7 Å². The molecule has 0 bridgehead atoms. The average molecular weight is 334 g/mol. The van der Waals surface area contributed by atoms with Gasteiger partial charge in [0.2, 0.25) is 5.95 Å². The number of fused-ring (bicyclic) bond motifs is 3. The fraction of sp³-hybridized carbons (Fsp3) is 0.412. The Balaban J connectivity index is 0.00000192. The lowest BCUT2D eigenvalue weighted by atomic mass is 10.1. The standard InChI is InChI=1S/C17H23N5.ClH/c1-3-5-11(6-4-2)22-10-9-12-14(22)8-7-13-15(12)16(18)21-17(19)20-13;/h7-11H,3-6H2,1-2H3,(H4,18,19,20,21);1H. The molecule has 0 atom stereocenters. The molecule has 2 aromatic heterocycles. The van der Waals surface area contributed by atoms with Gasteiger partial charge in [0, 0.05) is 23.1 Å². The van der Waals surface area contributed by atoms with E-state index in [0.29, 0.717) is 11.9 Å². The number of nitrogen functional groups attached to an aromatic ring is 2. The van der Waals surface area contributed by atoms with Crippen LogP contribution in [0.25, 0.3) is 21.8 Å². The van der Waals surface area contributed by atoms with E-state index in [1.165, 1.54) is 31.2 Å². The molecule has 3 aromatic rings. The number of hydrogen-bond donors (Lipinski definition) is 2. The summed E-state index contributed by atoms with van der Waals surface area (Å²) in [6.07, 6.45) is 6.89. The Kier molecular flexibility index (Phi) is 5.31. The molecule has 0 fully saturated rings. The molecule has 0 saturated carbocycles. The average Bonchev–Trinajstić information content (AvgIpc) is 2.90. The fourth-order valence-corrected chi connectivity index (χ4v) is 3.32. The number of hydrogen-bond acceptors (Lipinski definition) is 4. The zero-order valence-corrected chi connectivity index (χ0v) is 14.4. The van der Waals surface area contributed by atoms with Gasteiger partial charge in [-0.15, -0.1) is 12.4 Å². The van der Waals surface area contributed by atoms with Gasteiger partial charge < -0.3 is 16.0 Å². The van der Waals surface area contributed by atoms with Crippen molar-refractivity contribution in [3.05, 3.63) is 24.4 Å². The van der Waals surface area contributed by atoms with Crippen LogP contribution in [0, 0.1) is 0 Å². The van der Waals surface area contributed by atoms with E-state index < -0.39 is 0 Å². The minimum absolute atomic E-state index is 0. The van der Waals surface area contributed by atoms with Crippen molar-refractivity contribution < 1.29 is 0 Å². The fourth-order valence-electron chi connectivity index (χ4n) is 3.32. The maximum Gasteiger partial charge on any atom is 0.222 e. The Hall–Kier alpha value is -2.01. The lowest BCUT2D eigenvalue weighted by Crippen LogP contribution is -2.07. The largest absolute Gasteiger partial charge is 0.383 e. The molecule has 0 spiro atoms. The third-order valence-corrected chi connectivity index (χ3v) is 4.24. The quantitative estimate of drug-likeness (QED) is 0.728. The Morgan fingerprint density at radius 2 is 1.74 bits per heavy atom. The molecule has 0 aliphatic carbocycles. The van der Waals surface area contributed by atoms with Crippen LogP contribution in [0.15, 0.2) is 24.4 Å². The molecular weight excluding hydrogens is 310 g/mol. The van der Waals surface area contributed by atoms with Crippen LogP contribution in [0.2, 0.25) is 0 Å². The van der Waals surface area contributed by atoms with Crippen molar-refractivity contribution >= 4 is 46.0 Å². The number of nitrogens with two attached hydrogens (primary N) is 2. The molecule has 2 heterocycles. The topological polar surface area (TPSA) is 82.8 Å². The summed E-state index contributed by atoms with van der Waals surface area (Å²) >= 11 is 0. The molecule has 6 heteroatoms. The first-order chi connectivity index (χ1) is 10.7. The third-order valence-electron chi connectivity index (χ3n) is 4.24. The van der Waals surface area contributed by atoms with Gasteiger partial charge >= 0.3 is 0 Å². The molecular formula is C17H24ClN5. The predicted molar refractivity (Wildman–Crippen MR) is 100.0 cm³/mol. The van der Waals surface area contributed by atoms with Crippen molar-refractivity contribution in [2.75, 3.05) is 11.5 Å². The molecule has 0 aliphatic rings. The second-order valence-electron chi connectivity index (χ2n) is 5.81. The summed E-state index contributed by atoms with van der Waals surface area (Å²) in [5.74, 6) is 0.673. The summed E-state index contributed by atoms with van der Waals surface area (Å²) in [5.41, 5.74) is 13.8. The maximum atomic E-state index is 6.09. The molecule has 0 radical (unpaired) electrons. The van der Waals surface area contributed by atoms with Crippen LogP contribution in [0.3, 0.4) is 0 Å². The van der Waals surface area contributed by atoms with Crippen LogP contribution in [-0.2, 0) is 0 Å². The molecule has 3 rings (SSSR count). The number of anilines is 2. The smallest absolute Gasteiger partial charge is 0.222 e. The van der Waals surface area contributed by atoms with Crippen LogP contribution < -0.4 is 11.5 Å². The minimum atomic E-state index is 0. The first-order valence-corrected chi connectivity index (χ1v) is 7.98. The van der Waals surface area contributed by atoms with Gasteiger partial charge in [0.15, 0.2) is 0 Å². The number of rotatable bonds is 5. The third kappa shape index (κ3) is 3.06. The molecule has 5 nitrogen and oxygen atoms in total. The number of benzene rings is 1. The van der Waals surface area contributed by atoms with Gasteiger partial charge in [-0.3, -0.25) is 0 Å². The van der Waals surface area contributed by atoms with E-state index in [0.717, 1.165) is 16.3 Å². The molecule has 0 amide bonds. The Bertz CT molecular complexity index is 805. The summed E-state index contributed by atoms with van der Waals surface area (Å²) in [7, 11) is 0. The van der Waals surface area contributed by atoms with E-state index in [1.54, 1.807) is 0 Å². The zero-order chi connectivity index (χ0) is 15.7. The highest BCUT2D eigenvalue weighted by Gasteiger charge is 2.15. The van der Waals surface area contributed by atoms with E-state index in [1.807, 2.05) is 6.07 Å². The first-order valence-electron chi connectivity index (χ1n) is 7.98. The van der Waals surface area contributed by atoms with Crippen molar-refractivity contribution in [1.29, 1.82) is 0 Å². The Labute approximate surface area is 142 Å². The zero-order valence-electron chi connectivity index (χ0n) is 13.6. The van der Waals surface area contributed by atoms with Crippen LogP contribution in [0.5, 0.6) is 0 Å². The summed E-state index contributed by atoms with van der Waals surface area (Å²) in [5, 5.41) is 2.00. The van der Waals surface area contributed by atoms with E-state index in [4.69, 9.17) is 11.5 Å². The van der Waals surface area contributed by atoms with Gasteiger partial charge in [0.05, 0.1) is 10.9 Å². The van der Waals surface area contributed by atoms with E-state index in [-0.39, 0.29) is 18.4 Å². The Morgan fingerprint density at radius 1 is 1.04 bits per heavy atom. The molecule has 0 saturated heterocycles. The van der Waals surface area contributed by atoms with Gasteiger partial charge in [0.1, 0.15) is 5.82 Å². The van der Waals surface area contributed by atoms with Crippen molar-refractivity contribution in [3.63, 3.8) is 0 Å². The van der Waals surface area contributed by atoms with Crippen molar-refractivity contribution in [1.82, 2.24) is 14.5 Å². The van der Waals surface area contributed by atoms with E-state index >= 15 is 0 Å². The number of nitrogens with zero attached hydrogens (tertiary/aromatic N) is 3. The summed E-state index contributed by atoms with van der Waals surface area (Å²) in [6.45, 7) is 4.47. The second-order valence-corrected chi connectivity index (χ2v) is 5.81. The maximum absolute atomic E-state index is 6.09. The van der Waals surface area contributed by atoms with Crippen LogP contribution in [0.4, 0.5) is 11.8 Å². The van der Waals surface area contributed by atoms with Crippen LogP contribution in [-0.4, -0.2) is 14.5 Å². The predicted octanol–water partition coefficient (Wildman–Crippen LogP) is 4.31. The van der Waals surface area contributed by atoms with Crippen LogP contribution in [0.1, 0.15) is 45.6 Å². The minimum Gasteiger partial charge on any atom is -0.383 e. The lowest BCUT2D eigenvalue weighted by Gasteiger charge is -2.19. The summed E-state index contributed by atoms with van der Waals surface area (Å²) in [6, 6.07) is 6.74. The SMILES string of the molecule is CCCC(CCC)n1ccc2c3c(N)nc(N)nc3ccc21.Cl. The first kappa shape index (κ1) is 17.3. The van der Waals surface area contributed by atoms with Gasteiger partial charge in [-0.2, -0.15) is 4.98 Å². The van der Waals surface area contributed by atoms with Gasteiger partial charge in [-0.1, -0.05) is 26.7 Å². The van der Waals surface area contributed by atoms with Crippen LogP contribution >= 0.6 is 12.4 Å². The van der Waals surface area contributed by atoms with E-state index in [9.17, 15) is 0 Å². The van der Waals surface area contributed by atoms with Crippen molar-refractivity contribution in [2.45, 2.75) is 45.6 Å². The van der Waals surface area contributed by atoms with Crippen molar-refractivity contribution in [2.24, 2.45) is 0 Å². The highest BCUT2D eigenvalue weighted by Crippen LogP contribution is 2.32. The van der Waals surface area contributed by atoms with Gasteiger partial charge in [-0.25, -0.2) is 4.98 Å². The highest BCUT2D eigenvalue weighted by molar-refractivity contribution is 6.10. The summed E-state index contributed by atoms with van der Waals surface area (Å²) < 4.78 is 2.37. The monoisotopic (exact) mass is 333 g/mol. The lowest BCUT2D eigenvalue weighted by molar-refractivity contribution is 0.438. The number of aromatic nitrogens is 3. The normalized spacial score (nSPS) is 11.3.